The maximum atomic E-state index is 8.46. The van der Waals surface area contributed by atoms with E-state index in [0.29, 0.717) is 12.8 Å². The fraction of sp³-hybridized carbons (Fsp3) is 0.533. The molecule has 0 saturated carbocycles. The Hall–Kier alpha value is -2.20. The van der Waals surface area contributed by atoms with Crippen LogP contribution in [0.4, 0.5) is 0 Å². The van der Waals surface area contributed by atoms with Crippen LogP contribution in [0.3, 0.4) is 0 Å². The number of carbonyl (C=O) groups excluding carboxylic acids is 4. The van der Waals surface area contributed by atoms with Gasteiger partial charge in [0.15, 0.2) is 12.8 Å². The summed E-state index contributed by atoms with van der Waals surface area (Å²) in [5, 5.41) is 9.00. The van der Waals surface area contributed by atoms with Gasteiger partial charge < -0.3 is 14.7 Å². The van der Waals surface area contributed by atoms with Crippen LogP contribution in [0.25, 0.3) is 0 Å². The molecule has 0 amide bonds. The summed E-state index contributed by atoms with van der Waals surface area (Å²) in [5.41, 5.74) is 0. The molecule has 1 rings (SSSR count). The summed E-state index contributed by atoms with van der Waals surface area (Å²) in [4.78, 5) is 45.8. The molecular formula is C15H28CoN3O6+3. The number of hydrogen-bond acceptors (Lipinski definition) is 4. The topological polar surface area (TPSA) is 156 Å². The molecule has 0 aliphatic carbocycles. The predicted octanol–water partition coefficient (Wildman–Crippen LogP) is 1.99. The summed E-state index contributed by atoms with van der Waals surface area (Å²) in [6.07, 6.45) is 4.32. The van der Waals surface area contributed by atoms with E-state index in [1.165, 1.54) is 0 Å². The van der Waals surface area contributed by atoms with Crippen molar-refractivity contribution in [3.05, 3.63) is 28.3 Å². The zero-order chi connectivity index (χ0) is 19.7. The van der Waals surface area contributed by atoms with E-state index in [0.717, 1.165) is 11.2 Å². The normalized spacial score (nSPS) is 7.76. The van der Waals surface area contributed by atoms with Crippen LogP contribution in [-0.2, 0) is 23.8 Å². The van der Waals surface area contributed by atoms with E-state index in [1.807, 2.05) is 24.7 Å². The van der Waals surface area contributed by atoms with Crippen LogP contribution in [0.15, 0.2) is 17.7 Å². The van der Waals surface area contributed by atoms with Crippen LogP contribution in [-0.4, -0.2) is 51.9 Å². The zero-order valence-electron chi connectivity index (χ0n) is 15.3. The molecule has 0 aliphatic rings. The first-order chi connectivity index (χ1) is 11.0. The van der Waals surface area contributed by atoms with Crippen molar-refractivity contribution in [2.24, 2.45) is 12.4 Å². The third-order valence-electron chi connectivity index (χ3n) is 2.09. The Labute approximate surface area is 157 Å². The van der Waals surface area contributed by atoms with E-state index in [4.69, 9.17) is 29.3 Å². The number of hydrogen-bond donors (Lipinski definition) is 0. The average Bonchev–Trinajstić information content (AvgIpc) is 2.72. The second-order valence-electron chi connectivity index (χ2n) is 4.95. The minimum absolute atomic E-state index is 0. The van der Waals surface area contributed by atoms with Crippen molar-refractivity contribution in [2.75, 3.05) is 0 Å². The van der Waals surface area contributed by atoms with Gasteiger partial charge in [0, 0.05) is 63.9 Å². The fourth-order valence-corrected chi connectivity index (χ4v) is 1.18. The summed E-state index contributed by atoms with van der Waals surface area (Å²) in [5.74, 6) is 2.06. The number of aryl methyl sites for hydroxylation is 2. The Morgan fingerprint density at radius 1 is 1.04 bits per heavy atom. The molecule has 1 aromatic rings. The van der Waals surface area contributed by atoms with Crippen molar-refractivity contribution < 1.29 is 36.0 Å². The molecule has 1 radical (unpaired) electrons. The van der Waals surface area contributed by atoms with Crippen molar-refractivity contribution in [2.45, 2.75) is 47.5 Å². The molecular weight excluding hydrogens is 377 g/mol. The van der Waals surface area contributed by atoms with Crippen molar-refractivity contribution >= 4 is 23.1 Å². The molecule has 145 valence electrons. The van der Waals surface area contributed by atoms with Gasteiger partial charge in [-0.25, -0.2) is 4.98 Å². The maximum absolute atomic E-state index is 8.46. The molecule has 1 aromatic heterocycles. The molecule has 0 atom stereocenters. The van der Waals surface area contributed by atoms with Gasteiger partial charge in [-0.1, -0.05) is 0 Å². The van der Waals surface area contributed by atoms with E-state index in [1.54, 1.807) is 33.9 Å². The third-order valence-corrected chi connectivity index (χ3v) is 2.09. The van der Waals surface area contributed by atoms with Crippen LogP contribution >= 0.6 is 0 Å². The van der Waals surface area contributed by atoms with E-state index >= 15 is 0 Å². The summed E-state index contributed by atoms with van der Waals surface area (Å²) in [7, 11) is 1.97. The first-order valence-corrected chi connectivity index (χ1v) is 6.92. The zero-order valence-corrected chi connectivity index (χ0v) is 16.4. The van der Waals surface area contributed by atoms with E-state index in [2.05, 4.69) is 4.98 Å². The number of rotatable bonds is 4. The first-order valence-electron chi connectivity index (χ1n) is 6.92. The Morgan fingerprint density at radius 3 is 1.36 bits per heavy atom. The van der Waals surface area contributed by atoms with Crippen molar-refractivity contribution in [3.8, 4) is 0 Å². The van der Waals surface area contributed by atoms with Gasteiger partial charge in [0.25, 0.3) is 0 Å². The van der Waals surface area contributed by atoms with Crippen LogP contribution < -0.4 is 0 Å². The molecule has 0 aliphatic heterocycles. The molecule has 0 unspecified atom stereocenters. The molecule has 10 heteroatoms. The van der Waals surface area contributed by atoms with Gasteiger partial charge in [-0.2, -0.15) is 0 Å². The minimum Gasteiger partial charge on any atom is -0.444 e. The Morgan fingerprint density at radius 2 is 1.32 bits per heavy atom. The second-order valence-corrected chi connectivity index (χ2v) is 4.95. The molecule has 4 N–H and O–H groups in total. The third kappa shape index (κ3) is 34.2. The SMILES string of the molecule is CC(=[OH+])CC(C)=[OH+].CC(=[OH+])CC(C)=[OH+].Cc1nccn1C.O=N[O-].[Co]. The minimum atomic E-state index is 0. The fourth-order valence-electron chi connectivity index (χ4n) is 1.18. The quantitative estimate of drug-likeness (QED) is 0.325. The standard InChI is InChI=1S/C5H8N2.2C5H8O2.Co.HNO2/c1-5-6-3-4-7(5)2;2*1-4(6)3-5(2)7;;2-1-3/h3-4H,1-2H3;2*3H2,1-2H3;;(H,2,3)/p+3. The van der Waals surface area contributed by atoms with Crippen LogP contribution in [0, 0.1) is 17.0 Å². The van der Waals surface area contributed by atoms with Crippen LogP contribution in [0.1, 0.15) is 46.4 Å². The van der Waals surface area contributed by atoms with Crippen molar-refractivity contribution in [3.63, 3.8) is 0 Å². The van der Waals surface area contributed by atoms with Gasteiger partial charge in [-0.3, -0.25) is 19.2 Å². The Kier molecular flexibility index (Phi) is 24.3. The summed E-state index contributed by atoms with van der Waals surface area (Å²) >= 11 is 0. The average molecular weight is 405 g/mol. The molecule has 0 saturated heterocycles. The molecule has 9 nitrogen and oxygen atoms in total. The van der Waals surface area contributed by atoms with Crippen LogP contribution in [0.2, 0.25) is 0 Å². The molecule has 25 heavy (non-hydrogen) atoms. The smallest absolute Gasteiger partial charge is 0.302 e. The molecule has 0 spiro atoms. The molecule has 0 fully saturated rings. The second kappa shape index (κ2) is 19.8. The van der Waals surface area contributed by atoms with E-state index in [-0.39, 0.29) is 39.9 Å². The van der Waals surface area contributed by atoms with Gasteiger partial charge in [-0.05, 0) is 6.92 Å². The molecule has 0 aromatic carbocycles. The monoisotopic (exact) mass is 405 g/mol. The number of imidazole rings is 1. The Balaban J connectivity index is -0.000000120. The summed E-state index contributed by atoms with van der Waals surface area (Å²) in [6, 6.07) is 0. The van der Waals surface area contributed by atoms with E-state index < -0.39 is 0 Å². The number of aromatic nitrogens is 2. The van der Waals surface area contributed by atoms with Gasteiger partial charge in [0.05, 0.1) is 0 Å². The predicted molar refractivity (Wildman–Crippen MR) is 96.8 cm³/mol. The van der Waals surface area contributed by atoms with Crippen LogP contribution in [0.5, 0.6) is 0 Å². The molecule has 0 bridgehead atoms. The van der Waals surface area contributed by atoms with Gasteiger partial charge >= 0.3 is 23.1 Å². The summed E-state index contributed by atoms with van der Waals surface area (Å²) in [6.45, 7) is 8.19. The van der Waals surface area contributed by atoms with Crippen molar-refractivity contribution in [1.29, 1.82) is 0 Å². The summed E-state index contributed by atoms with van der Waals surface area (Å²) < 4.78 is 1.97. The maximum Gasteiger partial charge on any atom is 0.302 e. The van der Waals surface area contributed by atoms with Gasteiger partial charge in [0.1, 0.15) is 5.82 Å². The largest absolute Gasteiger partial charge is 0.444 e. The van der Waals surface area contributed by atoms with E-state index in [9.17, 15) is 0 Å². The van der Waals surface area contributed by atoms with Gasteiger partial charge in [0.2, 0.25) is 0 Å². The van der Waals surface area contributed by atoms with Gasteiger partial charge in [-0.15, -0.1) is 5.34 Å². The number of ketones is 4. The van der Waals surface area contributed by atoms with Crippen molar-refractivity contribution in [1.82, 2.24) is 9.55 Å². The molecule has 1 heterocycles. The number of nitrogens with zero attached hydrogens (tertiary/aromatic N) is 3. The first kappa shape index (κ1) is 30.7. The Bertz CT molecular complexity index is 477.